The van der Waals surface area contributed by atoms with Crippen LogP contribution in [0.4, 0.5) is 0 Å². The number of nitrogens with zero attached hydrogens (tertiary/aromatic N) is 3. The summed E-state index contributed by atoms with van der Waals surface area (Å²) in [6.07, 6.45) is 3.55. The SMILES string of the molecule is C=CCCC(=O)NC[C@@H](OC(=O)[C@@H]1[C@H]2O[C@@]3(CC2Br)[C@H](C(=O)N(CC=C)CCN2CCOCC2)N([C@@H](CO)[C@@H](C)CC)C(=O)[C@@H]13)c1ccccc1. The van der Waals surface area contributed by atoms with Crippen molar-refractivity contribution < 1.29 is 38.5 Å². The zero-order chi connectivity index (χ0) is 36.7. The van der Waals surface area contributed by atoms with Gasteiger partial charge in [-0.15, -0.1) is 13.2 Å². The van der Waals surface area contributed by atoms with Crippen LogP contribution >= 0.6 is 15.9 Å². The molecule has 5 rings (SSSR count). The van der Waals surface area contributed by atoms with Crippen LogP contribution in [0.3, 0.4) is 0 Å². The van der Waals surface area contributed by atoms with Crippen molar-refractivity contribution in [1.82, 2.24) is 20.0 Å². The number of esters is 1. The first-order valence-corrected chi connectivity index (χ1v) is 19.1. The summed E-state index contributed by atoms with van der Waals surface area (Å²) in [5, 5.41) is 13.6. The van der Waals surface area contributed by atoms with Gasteiger partial charge in [0.25, 0.3) is 0 Å². The predicted molar refractivity (Wildman–Crippen MR) is 195 cm³/mol. The van der Waals surface area contributed by atoms with Crippen LogP contribution in [-0.4, -0.2) is 131 Å². The molecular weight excluding hydrogens is 720 g/mol. The number of hydrogen-bond acceptors (Lipinski definition) is 9. The number of carbonyl (C=O) groups excluding carboxylic acids is 4. The molecule has 1 spiro atoms. The first-order chi connectivity index (χ1) is 24.6. The van der Waals surface area contributed by atoms with Crippen molar-refractivity contribution in [3.63, 3.8) is 0 Å². The van der Waals surface area contributed by atoms with Crippen LogP contribution in [0.1, 0.15) is 51.2 Å². The molecule has 4 fully saturated rings. The summed E-state index contributed by atoms with van der Waals surface area (Å²) in [5.41, 5.74) is -0.633. The Hall–Kier alpha value is -3.10. The topological polar surface area (TPSA) is 138 Å². The molecular formula is C38H53BrN4O8. The lowest BCUT2D eigenvalue weighted by Crippen LogP contribution is -2.60. The number of aliphatic hydroxyl groups is 1. The molecule has 4 aliphatic rings. The highest BCUT2D eigenvalue weighted by atomic mass is 79.9. The first-order valence-electron chi connectivity index (χ1n) is 18.2. The minimum absolute atomic E-state index is 0.0406. The number of fused-ring (bicyclic) bond motifs is 1. The van der Waals surface area contributed by atoms with Gasteiger partial charge in [-0.05, 0) is 24.3 Å². The summed E-state index contributed by atoms with van der Waals surface area (Å²) in [6, 6.07) is 7.40. The fraction of sp³-hybridized carbons (Fsp3) is 0.632. The van der Waals surface area contributed by atoms with Crippen LogP contribution < -0.4 is 5.32 Å². The monoisotopic (exact) mass is 772 g/mol. The lowest BCUT2D eigenvalue weighted by Gasteiger charge is -2.41. The van der Waals surface area contributed by atoms with Gasteiger partial charge >= 0.3 is 5.97 Å². The van der Waals surface area contributed by atoms with E-state index < -0.39 is 53.6 Å². The Labute approximate surface area is 309 Å². The molecule has 9 atom stereocenters. The number of halogens is 1. The predicted octanol–water partition coefficient (Wildman–Crippen LogP) is 2.86. The van der Waals surface area contributed by atoms with Crippen molar-refractivity contribution in [1.29, 1.82) is 0 Å². The third kappa shape index (κ3) is 8.12. The molecule has 4 heterocycles. The number of allylic oxidation sites excluding steroid dienone is 1. The number of morpholine rings is 1. The molecule has 1 unspecified atom stereocenters. The Balaban J connectivity index is 1.47. The minimum atomic E-state index is -1.32. The highest BCUT2D eigenvalue weighted by Gasteiger charge is 2.77. The second-order valence-corrected chi connectivity index (χ2v) is 15.2. The number of carbonyl (C=O) groups is 4. The van der Waals surface area contributed by atoms with E-state index in [0.29, 0.717) is 51.1 Å². The van der Waals surface area contributed by atoms with Gasteiger partial charge in [-0.3, -0.25) is 24.1 Å². The normalized spacial score (nSPS) is 28.8. The van der Waals surface area contributed by atoms with Gasteiger partial charge in [0.15, 0.2) is 0 Å². The second-order valence-electron chi connectivity index (χ2n) is 14.0. The molecule has 13 heteroatoms. The van der Waals surface area contributed by atoms with Gasteiger partial charge in [0.05, 0.1) is 50.3 Å². The summed E-state index contributed by atoms with van der Waals surface area (Å²) in [5.74, 6) is -3.67. The van der Waals surface area contributed by atoms with E-state index in [-0.39, 0.29) is 48.7 Å². The molecule has 1 aromatic carbocycles. The van der Waals surface area contributed by atoms with Crippen LogP contribution in [0.25, 0.3) is 0 Å². The van der Waals surface area contributed by atoms with Gasteiger partial charge in [-0.1, -0.05) is 78.7 Å². The van der Waals surface area contributed by atoms with Crippen molar-refractivity contribution >= 4 is 39.6 Å². The lowest BCUT2D eigenvalue weighted by molar-refractivity contribution is -0.161. The van der Waals surface area contributed by atoms with E-state index in [0.717, 1.165) is 13.1 Å². The van der Waals surface area contributed by atoms with Gasteiger partial charge in [0.2, 0.25) is 17.7 Å². The maximum Gasteiger partial charge on any atom is 0.313 e. The molecule has 280 valence electrons. The number of nitrogens with one attached hydrogen (secondary N) is 1. The van der Waals surface area contributed by atoms with Crippen LogP contribution in [0.15, 0.2) is 55.6 Å². The number of hydrogen-bond donors (Lipinski definition) is 2. The summed E-state index contributed by atoms with van der Waals surface area (Å²) in [4.78, 5) is 61.8. The van der Waals surface area contributed by atoms with Crippen molar-refractivity contribution in [2.24, 2.45) is 17.8 Å². The standard InChI is InChI=1S/C38H53BrN4O8/c1-5-8-14-30(45)40-23-29(26-12-10-9-11-13-26)50-37(48)31-32-35(46)43(28(24-44)25(4)7-3)34(38(32)22-27(39)33(31)51-38)36(47)42(15-6-2)17-16-41-18-20-49-21-19-41/h5-6,9-13,25,27-29,31-34,44H,1-2,7-8,14-24H2,3-4H3,(H,40,45)/t25-,27?,28-,29+,31-,32+,33-,34-,38+/m0/s1. The average molecular weight is 774 g/mol. The van der Waals surface area contributed by atoms with Crippen LogP contribution in [-0.2, 0) is 33.4 Å². The molecule has 51 heavy (non-hydrogen) atoms. The summed E-state index contributed by atoms with van der Waals surface area (Å²) < 4.78 is 18.4. The quantitative estimate of drug-likeness (QED) is 0.131. The van der Waals surface area contributed by atoms with Gasteiger partial charge in [-0.25, -0.2) is 0 Å². The molecule has 0 radical (unpaired) electrons. The van der Waals surface area contributed by atoms with E-state index in [1.807, 2.05) is 44.2 Å². The average Bonchev–Trinajstić information content (AvgIpc) is 3.74. The highest BCUT2D eigenvalue weighted by molar-refractivity contribution is 9.09. The number of benzene rings is 1. The Morgan fingerprint density at radius 2 is 1.92 bits per heavy atom. The maximum absolute atomic E-state index is 14.9. The Bertz CT molecular complexity index is 1410. The molecule has 4 saturated heterocycles. The molecule has 2 bridgehead atoms. The number of likely N-dealkylation sites (tertiary alicyclic amines) is 1. The van der Waals surface area contributed by atoms with Crippen molar-refractivity contribution in [2.75, 3.05) is 59.1 Å². The summed E-state index contributed by atoms with van der Waals surface area (Å²) >= 11 is 3.75. The Morgan fingerprint density at radius 3 is 2.57 bits per heavy atom. The van der Waals surface area contributed by atoms with Gasteiger partial charge in [0, 0.05) is 44.0 Å². The summed E-state index contributed by atoms with van der Waals surface area (Å²) in [7, 11) is 0. The molecule has 12 nitrogen and oxygen atoms in total. The van der Waals surface area contributed by atoms with Crippen molar-refractivity contribution in [3.8, 4) is 0 Å². The molecule has 4 aliphatic heterocycles. The number of aliphatic hydroxyl groups excluding tert-OH is 1. The van der Waals surface area contributed by atoms with Crippen LogP contribution in [0.5, 0.6) is 0 Å². The van der Waals surface area contributed by atoms with Gasteiger partial charge in [-0.2, -0.15) is 0 Å². The fourth-order valence-corrected chi connectivity index (χ4v) is 9.08. The lowest BCUT2D eigenvalue weighted by atomic mass is 9.70. The minimum Gasteiger partial charge on any atom is -0.455 e. The number of ether oxygens (including phenoxy) is 3. The zero-order valence-corrected chi connectivity index (χ0v) is 31.4. The number of amides is 3. The van der Waals surface area contributed by atoms with E-state index in [4.69, 9.17) is 14.2 Å². The molecule has 0 saturated carbocycles. The molecule has 1 aromatic rings. The van der Waals surface area contributed by atoms with Crippen molar-refractivity contribution in [2.45, 2.75) is 74.3 Å². The molecule has 2 N–H and O–H groups in total. The Kier molecular flexibility index (Phi) is 13.5. The second kappa shape index (κ2) is 17.6. The van der Waals surface area contributed by atoms with E-state index in [2.05, 4.69) is 39.3 Å². The van der Waals surface area contributed by atoms with Gasteiger partial charge < -0.3 is 34.4 Å². The van der Waals surface area contributed by atoms with E-state index >= 15 is 0 Å². The van der Waals surface area contributed by atoms with Crippen LogP contribution in [0, 0.1) is 17.8 Å². The fourth-order valence-electron chi connectivity index (χ4n) is 8.14. The largest absolute Gasteiger partial charge is 0.455 e. The summed E-state index contributed by atoms with van der Waals surface area (Å²) in [6.45, 7) is 15.3. The first kappa shape index (κ1) is 39.1. The van der Waals surface area contributed by atoms with E-state index in [1.54, 1.807) is 17.1 Å². The van der Waals surface area contributed by atoms with Crippen LogP contribution in [0.2, 0.25) is 0 Å². The smallest absolute Gasteiger partial charge is 0.313 e. The van der Waals surface area contributed by atoms with E-state index in [1.165, 1.54) is 4.90 Å². The van der Waals surface area contributed by atoms with Gasteiger partial charge in [0.1, 0.15) is 17.7 Å². The molecule has 0 aromatic heterocycles. The number of rotatable bonds is 18. The Morgan fingerprint density at radius 1 is 1.20 bits per heavy atom. The number of alkyl halides is 1. The highest BCUT2D eigenvalue weighted by Crippen LogP contribution is 2.61. The molecule has 0 aliphatic carbocycles. The maximum atomic E-state index is 14.9. The van der Waals surface area contributed by atoms with E-state index in [9.17, 15) is 24.3 Å². The third-order valence-corrected chi connectivity index (χ3v) is 11.9. The third-order valence-electron chi connectivity index (χ3n) is 11.0. The molecule has 3 amide bonds. The zero-order valence-electron chi connectivity index (χ0n) is 29.8. The van der Waals surface area contributed by atoms with Crippen molar-refractivity contribution in [3.05, 3.63) is 61.2 Å².